The van der Waals surface area contributed by atoms with Gasteiger partial charge in [-0.2, -0.15) is 0 Å². The van der Waals surface area contributed by atoms with Gasteiger partial charge in [0.1, 0.15) is 0 Å². The number of aliphatic hydroxyl groups excluding tert-OH is 1. The Labute approximate surface area is 75.6 Å². The van der Waals surface area contributed by atoms with Gasteiger partial charge in [-0.25, -0.2) is 0 Å². The van der Waals surface area contributed by atoms with E-state index in [2.05, 4.69) is 0 Å². The van der Waals surface area contributed by atoms with Crippen molar-refractivity contribution in [3.05, 3.63) is 34.9 Å². The van der Waals surface area contributed by atoms with Crippen LogP contribution < -0.4 is 0 Å². The Morgan fingerprint density at radius 2 is 2.00 bits per heavy atom. The molecule has 0 aliphatic heterocycles. The minimum absolute atomic E-state index is 0.170. The summed E-state index contributed by atoms with van der Waals surface area (Å²) >= 11 is 11.2. The molecule has 3 heteroatoms. The average molecular weight is 191 g/mol. The van der Waals surface area contributed by atoms with Gasteiger partial charge in [-0.05, 0) is 6.07 Å². The normalized spacial score (nSPS) is 13.0. The molecular formula is C8H8Cl2O. The lowest BCUT2D eigenvalue weighted by atomic mass is 10.1. The average Bonchev–Trinajstić information content (AvgIpc) is 2.04. The van der Waals surface area contributed by atoms with Gasteiger partial charge in [0.05, 0.1) is 12.0 Å². The first-order valence-corrected chi connectivity index (χ1v) is 4.15. The van der Waals surface area contributed by atoms with Gasteiger partial charge in [0.15, 0.2) is 0 Å². The Balaban J connectivity index is 2.93. The summed E-state index contributed by atoms with van der Waals surface area (Å²) in [5.41, 5.74) is 0.684. The molecule has 1 atom stereocenters. The summed E-state index contributed by atoms with van der Waals surface area (Å²) in [6.45, 7) is 0. The molecule has 0 radical (unpaired) electrons. The van der Waals surface area contributed by atoms with E-state index in [1.807, 2.05) is 12.1 Å². The Morgan fingerprint density at radius 3 is 2.55 bits per heavy atom. The van der Waals surface area contributed by atoms with Crippen LogP contribution in [-0.4, -0.2) is 11.0 Å². The molecule has 60 valence electrons. The highest BCUT2D eigenvalue weighted by molar-refractivity contribution is 6.31. The summed E-state index contributed by atoms with van der Waals surface area (Å²) in [5, 5.41) is 9.85. The van der Waals surface area contributed by atoms with Crippen LogP contribution in [0.15, 0.2) is 24.3 Å². The van der Waals surface area contributed by atoms with Crippen LogP contribution in [0.3, 0.4) is 0 Å². The van der Waals surface area contributed by atoms with Crippen LogP contribution in [0.4, 0.5) is 0 Å². The van der Waals surface area contributed by atoms with Gasteiger partial charge in [-0.3, -0.25) is 0 Å². The van der Waals surface area contributed by atoms with E-state index in [-0.39, 0.29) is 5.88 Å². The van der Waals surface area contributed by atoms with Crippen molar-refractivity contribution in [2.75, 3.05) is 5.88 Å². The number of aliphatic hydroxyl groups is 1. The van der Waals surface area contributed by atoms with E-state index in [1.54, 1.807) is 12.1 Å². The standard InChI is InChI=1S/C8H8Cl2O/c9-5-8(11)6-3-1-2-4-7(6)10/h1-4,8,11H,5H2. The van der Waals surface area contributed by atoms with E-state index in [9.17, 15) is 5.11 Å². The third-order valence-electron chi connectivity index (χ3n) is 1.41. The van der Waals surface area contributed by atoms with Gasteiger partial charge in [-0.15, -0.1) is 11.6 Å². The van der Waals surface area contributed by atoms with E-state index in [0.29, 0.717) is 10.6 Å². The van der Waals surface area contributed by atoms with Crippen molar-refractivity contribution in [1.29, 1.82) is 0 Å². The summed E-state index contributed by atoms with van der Waals surface area (Å²) in [6, 6.07) is 7.12. The number of alkyl halides is 1. The fourth-order valence-electron chi connectivity index (χ4n) is 0.828. The lowest BCUT2D eigenvalue weighted by Gasteiger charge is -2.07. The first-order valence-electron chi connectivity index (χ1n) is 3.24. The number of rotatable bonds is 2. The molecule has 0 aliphatic carbocycles. The van der Waals surface area contributed by atoms with E-state index < -0.39 is 6.10 Å². The van der Waals surface area contributed by atoms with E-state index >= 15 is 0 Å². The summed E-state index contributed by atoms with van der Waals surface area (Å²) in [5.74, 6) is 0.170. The first kappa shape index (κ1) is 8.85. The molecule has 1 aromatic rings. The molecule has 1 unspecified atom stereocenters. The van der Waals surface area contributed by atoms with Crippen LogP contribution in [0.2, 0.25) is 5.02 Å². The molecule has 0 spiro atoms. The molecular weight excluding hydrogens is 183 g/mol. The van der Waals surface area contributed by atoms with Gasteiger partial charge in [0.25, 0.3) is 0 Å². The third-order valence-corrected chi connectivity index (χ3v) is 2.05. The van der Waals surface area contributed by atoms with Crippen LogP contribution in [-0.2, 0) is 0 Å². The molecule has 0 bridgehead atoms. The van der Waals surface area contributed by atoms with Gasteiger partial charge >= 0.3 is 0 Å². The number of hydrogen-bond donors (Lipinski definition) is 1. The number of benzene rings is 1. The van der Waals surface area contributed by atoms with E-state index in [0.717, 1.165) is 0 Å². The van der Waals surface area contributed by atoms with Gasteiger partial charge in [0, 0.05) is 10.6 Å². The zero-order chi connectivity index (χ0) is 8.27. The fourth-order valence-corrected chi connectivity index (χ4v) is 1.26. The molecule has 1 aromatic carbocycles. The zero-order valence-corrected chi connectivity index (χ0v) is 7.31. The topological polar surface area (TPSA) is 20.2 Å². The predicted octanol–water partition coefficient (Wildman–Crippen LogP) is 2.61. The molecule has 0 amide bonds. The van der Waals surface area contributed by atoms with E-state index in [1.165, 1.54) is 0 Å². The van der Waals surface area contributed by atoms with Crippen molar-refractivity contribution in [3.63, 3.8) is 0 Å². The van der Waals surface area contributed by atoms with E-state index in [4.69, 9.17) is 23.2 Å². The molecule has 0 aromatic heterocycles. The van der Waals surface area contributed by atoms with Crippen molar-refractivity contribution in [2.24, 2.45) is 0 Å². The van der Waals surface area contributed by atoms with Crippen LogP contribution >= 0.6 is 23.2 Å². The largest absolute Gasteiger partial charge is 0.387 e. The smallest absolute Gasteiger partial charge is 0.0939 e. The number of hydrogen-bond acceptors (Lipinski definition) is 1. The Morgan fingerprint density at radius 1 is 1.36 bits per heavy atom. The first-order chi connectivity index (χ1) is 5.25. The second-order valence-electron chi connectivity index (χ2n) is 2.19. The SMILES string of the molecule is OC(CCl)c1ccccc1Cl. The second-order valence-corrected chi connectivity index (χ2v) is 2.91. The van der Waals surface area contributed by atoms with Crippen molar-refractivity contribution in [3.8, 4) is 0 Å². The number of halogens is 2. The molecule has 0 saturated carbocycles. The lowest BCUT2D eigenvalue weighted by molar-refractivity contribution is 0.203. The van der Waals surface area contributed by atoms with Crippen LogP contribution in [0.5, 0.6) is 0 Å². The maximum absolute atomic E-state index is 9.29. The fraction of sp³-hybridized carbons (Fsp3) is 0.250. The lowest BCUT2D eigenvalue weighted by Crippen LogP contribution is -1.98. The Kier molecular flexibility index (Phi) is 3.18. The van der Waals surface area contributed by atoms with Crippen molar-refractivity contribution in [2.45, 2.75) is 6.10 Å². The highest BCUT2D eigenvalue weighted by Gasteiger charge is 2.08. The van der Waals surface area contributed by atoms with Crippen LogP contribution in [0.25, 0.3) is 0 Å². The minimum atomic E-state index is -0.662. The second kappa shape index (κ2) is 3.96. The molecule has 1 N–H and O–H groups in total. The third kappa shape index (κ3) is 2.09. The predicted molar refractivity (Wildman–Crippen MR) is 47.1 cm³/mol. The van der Waals surface area contributed by atoms with Crippen LogP contribution in [0, 0.1) is 0 Å². The minimum Gasteiger partial charge on any atom is -0.387 e. The summed E-state index contributed by atoms with van der Waals surface area (Å²) < 4.78 is 0. The monoisotopic (exact) mass is 190 g/mol. The molecule has 11 heavy (non-hydrogen) atoms. The summed E-state index contributed by atoms with van der Waals surface area (Å²) in [6.07, 6.45) is -0.662. The quantitative estimate of drug-likeness (QED) is 0.712. The molecule has 1 rings (SSSR count). The molecule has 0 aliphatic rings. The highest BCUT2D eigenvalue weighted by Crippen LogP contribution is 2.22. The highest BCUT2D eigenvalue weighted by atomic mass is 35.5. The Bertz CT molecular complexity index is 237. The maximum atomic E-state index is 9.29. The molecule has 1 nitrogen and oxygen atoms in total. The summed E-state index contributed by atoms with van der Waals surface area (Å²) in [4.78, 5) is 0. The molecule has 0 saturated heterocycles. The van der Waals surface area contributed by atoms with Crippen molar-refractivity contribution in [1.82, 2.24) is 0 Å². The molecule has 0 heterocycles. The van der Waals surface area contributed by atoms with Gasteiger partial charge in [0.2, 0.25) is 0 Å². The van der Waals surface area contributed by atoms with Crippen LogP contribution in [0.1, 0.15) is 11.7 Å². The van der Waals surface area contributed by atoms with Crippen molar-refractivity contribution >= 4 is 23.2 Å². The van der Waals surface area contributed by atoms with Crippen molar-refractivity contribution < 1.29 is 5.11 Å². The Hall–Kier alpha value is -0.240. The zero-order valence-electron chi connectivity index (χ0n) is 5.80. The maximum Gasteiger partial charge on any atom is 0.0939 e. The molecule has 0 fully saturated rings. The van der Waals surface area contributed by atoms with Gasteiger partial charge < -0.3 is 5.11 Å². The summed E-state index contributed by atoms with van der Waals surface area (Å²) in [7, 11) is 0. The van der Waals surface area contributed by atoms with Gasteiger partial charge in [-0.1, -0.05) is 29.8 Å².